The number of thioether (sulfide) groups is 1. The minimum atomic E-state index is -1.11. The Morgan fingerprint density at radius 1 is 1.40 bits per heavy atom. The van der Waals surface area contributed by atoms with Crippen LogP contribution < -0.4 is 11.1 Å². The molecule has 2 amide bonds. The van der Waals surface area contributed by atoms with Gasteiger partial charge in [-0.2, -0.15) is 0 Å². The van der Waals surface area contributed by atoms with Gasteiger partial charge in [0, 0.05) is 5.75 Å². The monoisotopic (exact) mass is 361 g/mol. The highest BCUT2D eigenvalue weighted by Crippen LogP contribution is 2.41. The van der Waals surface area contributed by atoms with Crippen molar-refractivity contribution in [3.8, 4) is 0 Å². The Bertz CT molecular complexity index is 750. The molecule has 2 unspecified atom stereocenters. The summed E-state index contributed by atoms with van der Waals surface area (Å²) in [5.74, 6) is -1.44. The second-order valence-electron chi connectivity index (χ2n) is 5.90. The molecule has 0 aromatic heterocycles. The normalized spacial score (nSPS) is 23.6. The van der Waals surface area contributed by atoms with Crippen LogP contribution in [0.5, 0.6) is 0 Å². The molecule has 2 aliphatic heterocycles. The average Bonchev–Trinajstić information content (AvgIpc) is 2.64. The number of amides is 2. The number of carboxylic acid groups (broad SMARTS) is 1. The highest BCUT2D eigenvalue weighted by molar-refractivity contribution is 8.00. The predicted octanol–water partition coefficient (Wildman–Crippen LogP) is 0.835. The molecule has 1 aromatic rings. The van der Waals surface area contributed by atoms with Gasteiger partial charge in [0.1, 0.15) is 23.2 Å². The van der Waals surface area contributed by atoms with E-state index in [0.717, 1.165) is 5.57 Å². The molecule has 3 rings (SSSR count). The number of aliphatic carboxylic acids is 1. The first-order valence-corrected chi connectivity index (χ1v) is 9.01. The first-order valence-electron chi connectivity index (χ1n) is 7.96. The van der Waals surface area contributed by atoms with Gasteiger partial charge in [0.15, 0.2) is 0 Å². The lowest BCUT2D eigenvalue weighted by Gasteiger charge is -2.49. The van der Waals surface area contributed by atoms with Gasteiger partial charge in [-0.3, -0.25) is 14.5 Å². The van der Waals surface area contributed by atoms with Crippen LogP contribution in [0.25, 0.3) is 0 Å². The molecular formula is C17H19N3O4S. The molecule has 3 atom stereocenters. The summed E-state index contributed by atoms with van der Waals surface area (Å²) >= 11 is 1.46. The zero-order valence-electron chi connectivity index (χ0n) is 13.6. The van der Waals surface area contributed by atoms with Crippen LogP contribution in [0.4, 0.5) is 0 Å². The van der Waals surface area contributed by atoms with Crippen molar-refractivity contribution in [1.29, 1.82) is 0 Å². The number of β-lactam (4-membered cyclic amide) rings is 1. The maximum absolute atomic E-state index is 12.4. The molecule has 0 saturated carbocycles. The van der Waals surface area contributed by atoms with Gasteiger partial charge in [0.25, 0.3) is 5.91 Å². The van der Waals surface area contributed by atoms with Gasteiger partial charge in [-0.25, -0.2) is 4.79 Å². The van der Waals surface area contributed by atoms with Crippen molar-refractivity contribution in [2.45, 2.75) is 30.8 Å². The number of rotatable bonds is 5. The summed E-state index contributed by atoms with van der Waals surface area (Å²) in [7, 11) is 0. The second kappa shape index (κ2) is 6.89. The summed E-state index contributed by atoms with van der Waals surface area (Å²) in [5.41, 5.74) is 7.38. The number of nitrogens with zero attached hydrogens (tertiary/aromatic N) is 1. The highest BCUT2D eigenvalue weighted by atomic mass is 32.2. The molecule has 0 bridgehead atoms. The van der Waals surface area contributed by atoms with Crippen molar-refractivity contribution in [3.63, 3.8) is 0 Å². The SMILES string of the molecule is CCC1=C(C(=O)O)N2C(=O)C(NC(=O)C(N)c3ccccc3)[C@@H]2SC1. The molecule has 1 fully saturated rings. The van der Waals surface area contributed by atoms with E-state index in [0.29, 0.717) is 17.7 Å². The average molecular weight is 361 g/mol. The molecule has 4 N–H and O–H groups in total. The smallest absolute Gasteiger partial charge is 0.352 e. The van der Waals surface area contributed by atoms with Crippen LogP contribution in [0.1, 0.15) is 24.9 Å². The molecule has 2 aliphatic rings. The van der Waals surface area contributed by atoms with E-state index >= 15 is 0 Å². The number of benzene rings is 1. The van der Waals surface area contributed by atoms with Crippen LogP contribution >= 0.6 is 11.8 Å². The van der Waals surface area contributed by atoms with Crippen LogP contribution in [-0.2, 0) is 14.4 Å². The van der Waals surface area contributed by atoms with Crippen molar-refractivity contribution < 1.29 is 19.5 Å². The van der Waals surface area contributed by atoms with E-state index in [9.17, 15) is 19.5 Å². The van der Waals surface area contributed by atoms with E-state index < -0.39 is 35.2 Å². The van der Waals surface area contributed by atoms with E-state index in [2.05, 4.69) is 5.32 Å². The molecule has 2 heterocycles. The largest absolute Gasteiger partial charge is 0.477 e. The Kier molecular flexibility index (Phi) is 4.82. The Balaban J connectivity index is 1.73. The van der Waals surface area contributed by atoms with E-state index in [-0.39, 0.29) is 5.70 Å². The molecule has 8 heteroatoms. The number of carbonyl (C=O) groups excluding carboxylic acids is 2. The van der Waals surface area contributed by atoms with E-state index in [1.165, 1.54) is 16.7 Å². The lowest BCUT2D eigenvalue weighted by molar-refractivity contribution is -0.150. The number of carboxylic acids is 1. The molecular weight excluding hydrogens is 342 g/mol. The molecule has 1 saturated heterocycles. The van der Waals surface area contributed by atoms with Crippen molar-refractivity contribution in [2.75, 3.05) is 5.75 Å². The Morgan fingerprint density at radius 2 is 2.08 bits per heavy atom. The standard InChI is InChI=1S/C17H19N3O4S/c1-2-9-8-25-16-12(15(22)20(16)13(9)17(23)24)19-14(21)11(18)10-6-4-3-5-7-10/h3-7,11-12,16H,2,8,18H2,1H3,(H,19,21)(H,23,24)/t11?,12?,16-/m0/s1. The van der Waals surface area contributed by atoms with Crippen molar-refractivity contribution in [1.82, 2.24) is 10.2 Å². The predicted molar refractivity (Wildman–Crippen MR) is 93.3 cm³/mol. The third kappa shape index (κ3) is 3.03. The van der Waals surface area contributed by atoms with Crippen LogP contribution in [-0.4, -0.2) is 45.0 Å². The fourth-order valence-corrected chi connectivity index (χ4v) is 4.46. The van der Waals surface area contributed by atoms with Crippen LogP contribution in [0, 0.1) is 0 Å². The van der Waals surface area contributed by atoms with Crippen molar-refractivity contribution in [3.05, 3.63) is 47.2 Å². The van der Waals surface area contributed by atoms with Crippen molar-refractivity contribution >= 4 is 29.5 Å². The minimum Gasteiger partial charge on any atom is -0.477 e. The molecule has 0 aliphatic carbocycles. The van der Waals surface area contributed by atoms with Gasteiger partial charge in [0.05, 0.1) is 0 Å². The van der Waals surface area contributed by atoms with Crippen molar-refractivity contribution in [2.24, 2.45) is 5.73 Å². The van der Waals surface area contributed by atoms with Gasteiger partial charge < -0.3 is 16.2 Å². The van der Waals surface area contributed by atoms with Gasteiger partial charge in [-0.1, -0.05) is 37.3 Å². The quantitative estimate of drug-likeness (QED) is 0.670. The molecule has 0 spiro atoms. The lowest BCUT2D eigenvalue weighted by atomic mass is 10.0. The number of nitrogens with two attached hydrogens (primary N) is 1. The lowest BCUT2D eigenvalue weighted by Crippen LogP contribution is -2.71. The molecule has 7 nitrogen and oxygen atoms in total. The zero-order valence-corrected chi connectivity index (χ0v) is 14.5. The summed E-state index contributed by atoms with van der Waals surface area (Å²) in [6.45, 7) is 1.86. The molecule has 132 valence electrons. The topological polar surface area (TPSA) is 113 Å². The van der Waals surface area contributed by atoms with Gasteiger partial charge >= 0.3 is 5.97 Å². The third-order valence-corrected chi connectivity index (χ3v) is 5.76. The highest BCUT2D eigenvalue weighted by Gasteiger charge is 2.54. The van der Waals surface area contributed by atoms with E-state index in [1.807, 2.05) is 13.0 Å². The minimum absolute atomic E-state index is 0.0501. The van der Waals surface area contributed by atoms with E-state index in [4.69, 9.17) is 5.73 Å². The summed E-state index contributed by atoms with van der Waals surface area (Å²) in [6.07, 6.45) is 0.570. The number of fused-ring (bicyclic) bond motifs is 1. The van der Waals surface area contributed by atoms with Crippen LogP contribution in [0.2, 0.25) is 0 Å². The summed E-state index contributed by atoms with van der Waals surface area (Å²) in [6, 6.07) is 7.25. The maximum Gasteiger partial charge on any atom is 0.352 e. The zero-order chi connectivity index (χ0) is 18.1. The number of hydrogen-bond donors (Lipinski definition) is 3. The van der Waals surface area contributed by atoms with Gasteiger partial charge in [0.2, 0.25) is 5.91 Å². The Hall–Kier alpha value is -2.32. The summed E-state index contributed by atoms with van der Waals surface area (Å²) < 4.78 is 0. The first kappa shape index (κ1) is 17.5. The Morgan fingerprint density at radius 3 is 2.68 bits per heavy atom. The second-order valence-corrected chi connectivity index (χ2v) is 7.00. The third-order valence-electron chi connectivity index (χ3n) is 4.42. The van der Waals surface area contributed by atoms with Crippen LogP contribution in [0.15, 0.2) is 41.6 Å². The maximum atomic E-state index is 12.4. The Labute approximate surface area is 149 Å². The van der Waals surface area contributed by atoms with Gasteiger partial charge in [-0.15, -0.1) is 11.8 Å². The summed E-state index contributed by atoms with van der Waals surface area (Å²) in [5, 5.41) is 11.7. The molecule has 0 radical (unpaired) electrons. The summed E-state index contributed by atoms with van der Waals surface area (Å²) in [4.78, 5) is 37.6. The number of hydrogen-bond acceptors (Lipinski definition) is 5. The fourth-order valence-electron chi connectivity index (χ4n) is 3.01. The van der Waals surface area contributed by atoms with E-state index in [1.54, 1.807) is 24.3 Å². The first-order chi connectivity index (χ1) is 12.0. The molecule has 25 heavy (non-hydrogen) atoms. The van der Waals surface area contributed by atoms with Crippen LogP contribution in [0.3, 0.4) is 0 Å². The number of nitrogens with one attached hydrogen (secondary N) is 1. The number of carbonyl (C=O) groups is 3. The van der Waals surface area contributed by atoms with Gasteiger partial charge in [-0.05, 0) is 17.6 Å². The molecule has 1 aromatic carbocycles. The fraction of sp³-hybridized carbons (Fsp3) is 0.353.